The highest BCUT2D eigenvalue weighted by Gasteiger charge is 2.35. The van der Waals surface area contributed by atoms with E-state index in [1.54, 1.807) is 55.6 Å². The van der Waals surface area contributed by atoms with E-state index < -0.39 is 28.5 Å². The van der Waals surface area contributed by atoms with Gasteiger partial charge in [0.2, 0.25) is 11.8 Å². The molecule has 11 heteroatoms. The molecule has 3 aromatic rings. The number of hydrogen-bond acceptors (Lipinski definition) is 7. The van der Waals surface area contributed by atoms with Gasteiger partial charge in [0.05, 0.1) is 31.9 Å². The minimum Gasteiger partial charge on any atom is -0.497 e. The average Bonchev–Trinajstić information content (AvgIpc) is 2.99. The van der Waals surface area contributed by atoms with Gasteiger partial charge in [-0.05, 0) is 69.2 Å². The van der Waals surface area contributed by atoms with Gasteiger partial charge in [-0.2, -0.15) is 0 Å². The Kier molecular flexibility index (Phi) is 11.4. The molecule has 0 spiro atoms. The van der Waals surface area contributed by atoms with Crippen molar-refractivity contribution in [2.45, 2.75) is 57.6 Å². The van der Waals surface area contributed by atoms with E-state index in [0.717, 1.165) is 15.4 Å². The molecule has 1 N–H and O–H groups in total. The van der Waals surface area contributed by atoms with Crippen LogP contribution in [0.5, 0.6) is 17.2 Å². The first-order valence-corrected chi connectivity index (χ1v) is 15.4. The summed E-state index contributed by atoms with van der Waals surface area (Å²) in [5.74, 6) is 0.362. The molecule has 3 rings (SSSR count). The SMILES string of the molecule is CC[C@@H](C(=O)NC(C)C)N(Cc1ccc(OC)cc1)C(=O)CN(c1cc(OC)ccc1OC)S(=O)(=O)c1ccc(C)cc1. The third-order valence-corrected chi connectivity index (χ3v) is 8.65. The van der Waals surface area contributed by atoms with Gasteiger partial charge < -0.3 is 24.4 Å². The molecule has 0 saturated carbocycles. The summed E-state index contributed by atoms with van der Waals surface area (Å²) in [6, 6.07) is 17.2. The number of aryl methyl sites for hydroxylation is 1. The molecular formula is C32H41N3O7S. The van der Waals surface area contributed by atoms with E-state index in [2.05, 4.69) is 5.32 Å². The van der Waals surface area contributed by atoms with Gasteiger partial charge in [-0.3, -0.25) is 13.9 Å². The summed E-state index contributed by atoms with van der Waals surface area (Å²) in [7, 11) is 0.166. The second-order valence-corrected chi connectivity index (χ2v) is 12.2. The predicted molar refractivity (Wildman–Crippen MR) is 166 cm³/mol. The van der Waals surface area contributed by atoms with Crippen molar-refractivity contribution >= 4 is 27.5 Å². The molecule has 0 aliphatic rings. The van der Waals surface area contributed by atoms with Crippen LogP contribution in [-0.2, 0) is 26.2 Å². The van der Waals surface area contributed by atoms with Gasteiger partial charge in [0.1, 0.15) is 29.8 Å². The maximum absolute atomic E-state index is 14.3. The first kappa shape index (κ1) is 33.3. The van der Waals surface area contributed by atoms with Crippen LogP contribution >= 0.6 is 0 Å². The van der Waals surface area contributed by atoms with Crippen molar-refractivity contribution in [3.63, 3.8) is 0 Å². The lowest BCUT2D eigenvalue weighted by atomic mass is 10.1. The van der Waals surface area contributed by atoms with Gasteiger partial charge in [0.15, 0.2) is 0 Å². The Morgan fingerprint density at radius 1 is 0.860 bits per heavy atom. The Labute approximate surface area is 254 Å². The third kappa shape index (κ3) is 8.19. The molecule has 3 aromatic carbocycles. The zero-order chi connectivity index (χ0) is 31.7. The quantitative estimate of drug-likeness (QED) is 0.285. The predicted octanol–water partition coefficient (Wildman–Crippen LogP) is 4.55. The molecule has 0 aliphatic heterocycles. The zero-order valence-electron chi connectivity index (χ0n) is 25.8. The fraction of sp³-hybridized carbons (Fsp3) is 0.375. The summed E-state index contributed by atoms with van der Waals surface area (Å²) in [6.45, 7) is 6.82. The number of ether oxygens (including phenoxy) is 3. The smallest absolute Gasteiger partial charge is 0.264 e. The molecule has 0 heterocycles. The van der Waals surface area contributed by atoms with E-state index in [9.17, 15) is 18.0 Å². The van der Waals surface area contributed by atoms with Gasteiger partial charge in [-0.25, -0.2) is 8.42 Å². The Morgan fingerprint density at radius 3 is 2.00 bits per heavy atom. The number of nitrogens with one attached hydrogen (secondary N) is 1. The summed E-state index contributed by atoms with van der Waals surface area (Å²) in [6.07, 6.45) is 0.313. The Bertz CT molecular complexity index is 1490. The van der Waals surface area contributed by atoms with Crippen molar-refractivity contribution in [1.29, 1.82) is 0 Å². The number of amides is 2. The highest BCUT2D eigenvalue weighted by molar-refractivity contribution is 7.92. The lowest BCUT2D eigenvalue weighted by Crippen LogP contribution is -2.53. The van der Waals surface area contributed by atoms with Crippen molar-refractivity contribution in [2.75, 3.05) is 32.2 Å². The molecule has 0 aliphatic carbocycles. The van der Waals surface area contributed by atoms with Crippen LogP contribution in [-0.4, -0.2) is 65.1 Å². The number of sulfonamides is 1. The third-order valence-electron chi connectivity index (χ3n) is 6.87. The fourth-order valence-electron chi connectivity index (χ4n) is 4.57. The van der Waals surface area contributed by atoms with Crippen LogP contribution in [0.2, 0.25) is 0 Å². The highest BCUT2D eigenvalue weighted by Crippen LogP contribution is 2.36. The van der Waals surface area contributed by atoms with Crippen LogP contribution in [0, 0.1) is 6.92 Å². The van der Waals surface area contributed by atoms with Gasteiger partial charge in [-0.1, -0.05) is 36.8 Å². The normalized spacial score (nSPS) is 11.9. The lowest BCUT2D eigenvalue weighted by Gasteiger charge is -2.34. The minimum atomic E-state index is -4.28. The first-order chi connectivity index (χ1) is 20.4. The number of methoxy groups -OCH3 is 3. The molecule has 0 fully saturated rings. The van der Waals surface area contributed by atoms with Gasteiger partial charge >= 0.3 is 0 Å². The topological polar surface area (TPSA) is 114 Å². The maximum atomic E-state index is 14.3. The number of nitrogens with zero attached hydrogens (tertiary/aromatic N) is 2. The van der Waals surface area contributed by atoms with E-state index in [1.165, 1.54) is 37.3 Å². The molecule has 0 saturated heterocycles. The zero-order valence-corrected chi connectivity index (χ0v) is 26.6. The molecule has 2 amide bonds. The standard InChI is InChI=1S/C32H41N3O7S/c1-8-28(32(37)33-22(2)3)34(20-24-11-13-25(40-5)14-12-24)31(36)21-35(29-19-26(41-6)15-18-30(29)42-7)43(38,39)27-16-9-23(4)10-17-27/h9-19,22,28H,8,20-21H2,1-7H3,(H,33,37)/t28-/m0/s1. The molecule has 0 radical (unpaired) electrons. The monoisotopic (exact) mass is 611 g/mol. The maximum Gasteiger partial charge on any atom is 0.264 e. The van der Waals surface area contributed by atoms with E-state index in [4.69, 9.17) is 14.2 Å². The molecule has 0 bridgehead atoms. The molecule has 1 atom stereocenters. The van der Waals surface area contributed by atoms with E-state index in [-0.39, 0.29) is 34.8 Å². The second kappa shape index (κ2) is 14.8. The Balaban J connectivity index is 2.14. The average molecular weight is 612 g/mol. The van der Waals surface area contributed by atoms with Gasteiger partial charge in [0.25, 0.3) is 10.0 Å². The molecule has 232 valence electrons. The number of hydrogen-bond donors (Lipinski definition) is 1. The van der Waals surface area contributed by atoms with Crippen LogP contribution in [0.25, 0.3) is 0 Å². The van der Waals surface area contributed by atoms with E-state index >= 15 is 0 Å². The van der Waals surface area contributed by atoms with Crippen LogP contribution in [0.1, 0.15) is 38.3 Å². The summed E-state index contributed by atoms with van der Waals surface area (Å²) in [5.41, 5.74) is 1.75. The molecular weight excluding hydrogens is 570 g/mol. The van der Waals surface area contributed by atoms with Gasteiger partial charge in [0, 0.05) is 18.7 Å². The van der Waals surface area contributed by atoms with Crippen molar-refractivity contribution < 1.29 is 32.2 Å². The van der Waals surface area contributed by atoms with Crippen LogP contribution in [0.15, 0.2) is 71.6 Å². The first-order valence-electron chi connectivity index (χ1n) is 14.0. The highest BCUT2D eigenvalue weighted by atomic mass is 32.2. The largest absolute Gasteiger partial charge is 0.497 e. The second-order valence-electron chi connectivity index (χ2n) is 10.3. The number of anilines is 1. The fourth-order valence-corrected chi connectivity index (χ4v) is 5.99. The summed E-state index contributed by atoms with van der Waals surface area (Å²) >= 11 is 0. The minimum absolute atomic E-state index is 0.00192. The molecule has 43 heavy (non-hydrogen) atoms. The Morgan fingerprint density at radius 2 is 1.47 bits per heavy atom. The molecule has 10 nitrogen and oxygen atoms in total. The summed E-state index contributed by atoms with van der Waals surface area (Å²) in [4.78, 5) is 29.0. The summed E-state index contributed by atoms with van der Waals surface area (Å²) in [5, 5.41) is 2.89. The lowest BCUT2D eigenvalue weighted by molar-refractivity contribution is -0.140. The number of rotatable bonds is 14. The van der Waals surface area contributed by atoms with Crippen molar-refractivity contribution in [1.82, 2.24) is 10.2 Å². The molecule has 0 aromatic heterocycles. The molecule has 0 unspecified atom stereocenters. The van der Waals surface area contributed by atoms with Crippen LogP contribution in [0.4, 0.5) is 5.69 Å². The van der Waals surface area contributed by atoms with E-state index in [1.807, 2.05) is 27.7 Å². The van der Waals surface area contributed by atoms with Crippen molar-refractivity contribution in [3.8, 4) is 17.2 Å². The van der Waals surface area contributed by atoms with E-state index in [0.29, 0.717) is 17.9 Å². The van der Waals surface area contributed by atoms with Crippen molar-refractivity contribution in [2.24, 2.45) is 0 Å². The Hall–Kier alpha value is -4.25. The number of carbonyl (C=O) groups excluding carboxylic acids is 2. The van der Waals surface area contributed by atoms with Crippen molar-refractivity contribution in [3.05, 3.63) is 77.9 Å². The number of carbonyl (C=O) groups is 2. The summed E-state index contributed by atoms with van der Waals surface area (Å²) < 4.78 is 45.5. The van der Waals surface area contributed by atoms with Crippen LogP contribution in [0.3, 0.4) is 0 Å². The van der Waals surface area contributed by atoms with Gasteiger partial charge in [-0.15, -0.1) is 0 Å². The van der Waals surface area contributed by atoms with Crippen LogP contribution < -0.4 is 23.8 Å². The number of benzene rings is 3.